The Hall–Kier alpha value is -2.24. The van der Waals surface area contributed by atoms with Gasteiger partial charge in [-0.15, -0.1) is 24.8 Å². The Morgan fingerprint density at radius 3 is 2.05 bits per heavy atom. The number of nitrogens with zero attached hydrogens (tertiary/aromatic N) is 2. The Balaban J connectivity index is 0.00000210. The van der Waals surface area contributed by atoms with Crippen molar-refractivity contribution in [2.75, 3.05) is 26.2 Å². The maximum atomic E-state index is 13.1. The molecule has 210 valence electrons. The summed E-state index contributed by atoms with van der Waals surface area (Å²) in [5.74, 6) is 0.829. The van der Waals surface area contributed by atoms with Crippen LogP contribution in [0.5, 0.6) is 0 Å². The van der Waals surface area contributed by atoms with Gasteiger partial charge < -0.3 is 0 Å². The van der Waals surface area contributed by atoms with Crippen molar-refractivity contribution in [2.24, 2.45) is 5.92 Å². The van der Waals surface area contributed by atoms with E-state index in [9.17, 15) is 9.18 Å². The van der Waals surface area contributed by atoms with E-state index >= 15 is 0 Å². The van der Waals surface area contributed by atoms with Crippen molar-refractivity contribution in [3.63, 3.8) is 0 Å². The molecule has 0 aliphatic carbocycles. The van der Waals surface area contributed by atoms with Crippen LogP contribution in [0.25, 0.3) is 0 Å². The van der Waals surface area contributed by atoms with Crippen LogP contribution in [-0.2, 0) is 25.9 Å². The predicted molar refractivity (Wildman–Crippen MR) is 163 cm³/mol. The number of fused-ring (bicyclic) bond motifs is 1. The first-order chi connectivity index (χ1) is 18.1. The number of halogens is 3. The number of Topliss-reactive ketones (excluding diaryl/α,β-unsaturated/α-hetero) is 1. The summed E-state index contributed by atoms with van der Waals surface area (Å²) in [5.41, 5.74) is 6.19. The van der Waals surface area contributed by atoms with Gasteiger partial charge in [-0.3, -0.25) is 14.6 Å². The molecule has 2 heterocycles. The first kappa shape index (κ1) is 31.3. The van der Waals surface area contributed by atoms with Crippen LogP contribution >= 0.6 is 24.8 Å². The molecule has 0 atom stereocenters. The maximum absolute atomic E-state index is 13.1. The molecule has 0 saturated carbocycles. The van der Waals surface area contributed by atoms with Crippen molar-refractivity contribution in [1.82, 2.24) is 9.80 Å². The van der Waals surface area contributed by atoms with Crippen LogP contribution in [0.2, 0.25) is 0 Å². The SMILES string of the molecule is Cl.Cl.O=C(CCCC1CCN(Cc2ccc(F)cc2)CC1)c1ccc2c(c1)CCN(Cc1ccccc1)CC2. The summed E-state index contributed by atoms with van der Waals surface area (Å²) in [5, 5.41) is 0. The minimum Gasteiger partial charge on any atom is -0.299 e. The van der Waals surface area contributed by atoms with Crippen LogP contribution in [0, 0.1) is 11.7 Å². The van der Waals surface area contributed by atoms with E-state index in [2.05, 4.69) is 58.3 Å². The molecule has 0 unspecified atom stereocenters. The van der Waals surface area contributed by atoms with Crippen molar-refractivity contribution in [2.45, 2.75) is 58.0 Å². The molecule has 0 radical (unpaired) electrons. The number of benzene rings is 3. The minimum absolute atomic E-state index is 0. The van der Waals surface area contributed by atoms with Gasteiger partial charge in [0.05, 0.1) is 0 Å². The monoisotopic (exact) mass is 570 g/mol. The van der Waals surface area contributed by atoms with E-state index in [1.165, 1.54) is 35.1 Å². The number of ketones is 1. The van der Waals surface area contributed by atoms with Crippen molar-refractivity contribution in [3.05, 3.63) is 106 Å². The van der Waals surface area contributed by atoms with Crippen LogP contribution in [0.15, 0.2) is 72.8 Å². The Bertz CT molecular complexity index is 1160. The van der Waals surface area contributed by atoms with E-state index in [-0.39, 0.29) is 30.6 Å². The Labute approximate surface area is 245 Å². The minimum atomic E-state index is -0.173. The molecule has 1 saturated heterocycles. The van der Waals surface area contributed by atoms with Crippen LogP contribution in [-0.4, -0.2) is 41.8 Å². The number of rotatable bonds is 9. The third-order valence-corrected chi connectivity index (χ3v) is 8.21. The zero-order chi connectivity index (χ0) is 25.5. The van der Waals surface area contributed by atoms with E-state index in [1.54, 1.807) is 12.1 Å². The van der Waals surface area contributed by atoms with E-state index in [0.29, 0.717) is 18.1 Å². The Morgan fingerprint density at radius 1 is 0.744 bits per heavy atom. The third kappa shape index (κ3) is 9.14. The maximum Gasteiger partial charge on any atom is 0.162 e. The quantitative estimate of drug-likeness (QED) is 0.248. The highest BCUT2D eigenvalue weighted by Crippen LogP contribution is 2.25. The summed E-state index contributed by atoms with van der Waals surface area (Å²) < 4.78 is 13.1. The summed E-state index contributed by atoms with van der Waals surface area (Å²) in [7, 11) is 0. The smallest absolute Gasteiger partial charge is 0.162 e. The zero-order valence-electron chi connectivity index (χ0n) is 22.7. The Kier molecular flexibility index (Phi) is 12.5. The molecule has 0 N–H and O–H groups in total. The number of carbonyl (C=O) groups is 1. The molecule has 0 aromatic heterocycles. The molecule has 2 aliphatic rings. The first-order valence-corrected chi connectivity index (χ1v) is 14.0. The average Bonchev–Trinajstić information content (AvgIpc) is 3.13. The van der Waals surface area contributed by atoms with Crippen LogP contribution < -0.4 is 0 Å². The molecule has 39 heavy (non-hydrogen) atoms. The van der Waals surface area contributed by atoms with Gasteiger partial charge in [-0.05, 0) is 98.0 Å². The van der Waals surface area contributed by atoms with Gasteiger partial charge in [0, 0.05) is 38.2 Å². The zero-order valence-corrected chi connectivity index (χ0v) is 24.3. The summed E-state index contributed by atoms with van der Waals surface area (Å²) in [6.45, 7) is 6.17. The predicted octanol–water partition coefficient (Wildman–Crippen LogP) is 7.54. The number of hydrogen-bond donors (Lipinski definition) is 0. The normalized spacial score (nSPS) is 16.4. The van der Waals surface area contributed by atoms with E-state index in [1.807, 2.05) is 12.1 Å². The lowest BCUT2D eigenvalue weighted by atomic mass is 9.90. The molecular formula is C33H41Cl2FN2O. The summed E-state index contributed by atoms with van der Waals surface area (Å²) >= 11 is 0. The first-order valence-electron chi connectivity index (χ1n) is 14.0. The van der Waals surface area contributed by atoms with Crippen LogP contribution in [0.4, 0.5) is 4.39 Å². The van der Waals surface area contributed by atoms with Gasteiger partial charge >= 0.3 is 0 Å². The van der Waals surface area contributed by atoms with Crippen molar-refractivity contribution < 1.29 is 9.18 Å². The standard InChI is InChI=1S/C33H39FN2O.2ClH/c34-32-13-9-28(10-14-32)25-35-19-15-26(16-20-35)7-4-8-33(37)31-12-11-29-17-21-36(22-18-30(29)23-31)24-27-5-2-1-3-6-27;;/h1-3,5-6,9-14,23,26H,4,7-8,15-22,24-25H2;2*1H. The van der Waals surface area contributed by atoms with Crippen LogP contribution in [0.1, 0.15) is 64.7 Å². The molecule has 0 bridgehead atoms. The molecule has 6 heteroatoms. The molecule has 5 rings (SSSR count). The van der Waals surface area contributed by atoms with Crippen molar-refractivity contribution in [3.8, 4) is 0 Å². The average molecular weight is 572 g/mol. The van der Waals surface area contributed by atoms with Gasteiger partial charge in [-0.1, -0.05) is 54.6 Å². The third-order valence-electron chi connectivity index (χ3n) is 8.21. The summed E-state index contributed by atoms with van der Waals surface area (Å²) in [4.78, 5) is 18.0. The van der Waals surface area contributed by atoms with Gasteiger partial charge in [0.25, 0.3) is 0 Å². The van der Waals surface area contributed by atoms with Gasteiger partial charge in [-0.25, -0.2) is 4.39 Å². The highest BCUT2D eigenvalue weighted by Gasteiger charge is 2.20. The molecule has 3 aromatic rings. The number of likely N-dealkylation sites (tertiary alicyclic amines) is 1. The van der Waals surface area contributed by atoms with E-state index in [4.69, 9.17) is 0 Å². The fraction of sp³-hybridized carbons (Fsp3) is 0.424. The largest absolute Gasteiger partial charge is 0.299 e. The molecule has 3 nitrogen and oxygen atoms in total. The number of hydrogen-bond acceptors (Lipinski definition) is 3. The molecular weight excluding hydrogens is 530 g/mol. The second-order valence-electron chi connectivity index (χ2n) is 10.9. The molecule has 0 spiro atoms. The summed E-state index contributed by atoms with van der Waals surface area (Å²) in [6.07, 6.45) is 7.20. The molecule has 2 aliphatic heterocycles. The fourth-order valence-electron chi connectivity index (χ4n) is 5.92. The highest BCUT2D eigenvalue weighted by atomic mass is 35.5. The lowest BCUT2D eigenvalue weighted by Gasteiger charge is -2.32. The topological polar surface area (TPSA) is 23.6 Å². The van der Waals surface area contributed by atoms with Gasteiger partial charge in [0.2, 0.25) is 0 Å². The van der Waals surface area contributed by atoms with E-state index < -0.39 is 0 Å². The van der Waals surface area contributed by atoms with Crippen molar-refractivity contribution >= 4 is 30.6 Å². The molecule has 0 amide bonds. The number of carbonyl (C=O) groups excluding carboxylic acids is 1. The lowest BCUT2D eigenvalue weighted by Crippen LogP contribution is -2.33. The molecule has 3 aromatic carbocycles. The van der Waals surface area contributed by atoms with Gasteiger partial charge in [-0.2, -0.15) is 0 Å². The summed E-state index contributed by atoms with van der Waals surface area (Å²) in [6, 6.07) is 24.0. The highest BCUT2D eigenvalue weighted by molar-refractivity contribution is 5.96. The Morgan fingerprint density at radius 2 is 1.36 bits per heavy atom. The van der Waals surface area contributed by atoms with Crippen LogP contribution in [0.3, 0.4) is 0 Å². The lowest BCUT2D eigenvalue weighted by molar-refractivity contribution is 0.0974. The fourth-order valence-corrected chi connectivity index (χ4v) is 5.92. The van der Waals surface area contributed by atoms with E-state index in [0.717, 1.165) is 70.5 Å². The van der Waals surface area contributed by atoms with Crippen molar-refractivity contribution in [1.29, 1.82) is 0 Å². The van der Waals surface area contributed by atoms with Gasteiger partial charge in [0.15, 0.2) is 5.78 Å². The second-order valence-corrected chi connectivity index (χ2v) is 10.9. The number of piperidine rings is 1. The molecule has 1 fully saturated rings. The van der Waals surface area contributed by atoms with Gasteiger partial charge in [0.1, 0.15) is 5.82 Å². The second kappa shape index (κ2) is 15.5.